The molecule has 2 aliphatic heterocycles. The van der Waals surface area contributed by atoms with Crippen LogP contribution >= 0.6 is 0 Å². The molecule has 4 heteroatoms. The lowest BCUT2D eigenvalue weighted by molar-refractivity contribution is -0.124. The molecule has 1 N–H and O–H groups in total. The van der Waals surface area contributed by atoms with Crippen molar-refractivity contribution in [2.45, 2.75) is 17.9 Å². The average molecular weight is 211 g/mol. The Labute approximate surface area is 86.2 Å². The first-order valence-electron chi connectivity index (χ1n) is 4.98. The quantitative estimate of drug-likeness (QED) is 0.707. The zero-order valence-corrected chi connectivity index (χ0v) is 8.09. The number of para-hydroxylation sites is 1. The van der Waals surface area contributed by atoms with Crippen molar-refractivity contribution in [3.8, 4) is 5.75 Å². The minimum Gasteiger partial charge on any atom is -0.484 e. The van der Waals surface area contributed by atoms with Gasteiger partial charge in [0.25, 0.3) is 5.92 Å². The molecule has 2 heterocycles. The molecule has 0 unspecified atom stereocenters. The van der Waals surface area contributed by atoms with E-state index in [1.165, 1.54) is 6.07 Å². The fourth-order valence-corrected chi connectivity index (χ4v) is 2.23. The molecule has 1 aromatic rings. The summed E-state index contributed by atoms with van der Waals surface area (Å²) in [7, 11) is 0. The van der Waals surface area contributed by atoms with Crippen LogP contribution in [0.5, 0.6) is 5.75 Å². The van der Waals surface area contributed by atoms with Gasteiger partial charge in [-0.1, -0.05) is 12.1 Å². The normalized spacial score (nSPS) is 25.2. The summed E-state index contributed by atoms with van der Waals surface area (Å²) in [6.45, 7) is 1.02. The van der Waals surface area contributed by atoms with Crippen molar-refractivity contribution in [3.63, 3.8) is 0 Å². The number of halogens is 2. The van der Waals surface area contributed by atoms with Crippen LogP contribution in [0.25, 0.3) is 0 Å². The molecule has 3 rings (SSSR count). The number of benzene rings is 1. The van der Waals surface area contributed by atoms with Crippen LogP contribution in [0.1, 0.15) is 12.0 Å². The molecule has 2 aliphatic rings. The van der Waals surface area contributed by atoms with E-state index in [1.54, 1.807) is 18.2 Å². The summed E-state index contributed by atoms with van der Waals surface area (Å²) in [6, 6.07) is 6.39. The molecule has 1 aromatic carbocycles. The van der Waals surface area contributed by atoms with Gasteiger partial charge in [-0.25, -0.2) is 8.78 Å². The molecule has 0 amide bonds. The maximum Gasteiger partial charge on any atom is 0.280 e. The van der Waals surface area contributed by atoms with E-state index in [4.69, 9.17) is 4.74 Å². The molecule has 1 spiro atoms. The molecule has 0 saturated carbocycles. The number of alkyl halides is 2. The lowest BCUT2D eigenvalue weighted by Crippen LogP contribution is -2.66. The molecule has 80 valence electrons. The van der Waals surface area contributed by atoms with E-state index in [1.807, 2.05) is 0 Å². The summed E-state index contributed by atoms with van der Waals surface area (Å²) in [5.41, 5.74) is -0.666. The summed E-state index contributed by atoms with van der Waals surface area (Å²) >= 11 is 0. The number of ether oxygens (including phenoxy) is 1. The first-order valence-corrected chi connectivity index (χ1v) is 4.98. The molecule has 1 saturated heterocycles. The summed E-state index contributed by atoms with van der Waals surface area (Å²) < 4.78 is 33.3. The van der Waals surface area contributed by atoms with E-state index >= 15 is 0 Å². The van der Waals surface area contributed by atoms with Gasteiger partial charge in [0.05, 0.1) is 12.0 Å². The van der Waals surface area contributed by atoms with Gasteiger partial charge in [-0.15, -0.1) is 0 Å². The summed E-state index contributed by atoms with van der Waals surface area (Å²) in [4.78, 5) is 0. The van der Waals surface area contributed by atoms with Gasteiger partial charge in [0.15, 0.2) is 0 Å². The Morgan fingerprint density at radius 2 is 1.93 bits per heavy atom. The van der Waals surface area contributed by atoms with Crippen molar-refractivity contribution in [3.05, 3.63) is 29.8 Å². The first kappa shape index (κ1) is 9.09. The molecule has 0 aromatic heterocycles. The van der Waals surface area contributed by atoms with E-state index in [-0.39, 0.29) is 12.0 Å². The smallest absolute Gasteiger partial charge is 0.280 e. The minimum absolute atomic E-state index is 0.0162. The molecule has 0 atom stereocenters. The first-order chi connectivity index (χ1) is 7.11. The third-order valence-corrected chi connectivity index (χ3v) is 3.05. The molecular formula is C11H11F2NO. The minimum atomic E-state index is -2.77. The summed E-state index contributed by atoms with van der Waals surface area (Å²) in [5, 5.41) is 2.98. The van der Waals surface area contributed by atoms with E-state index in [9.17, 15) is 8.78 Å². The molecule has 0 aliphatic carbocycles. The monoisotopic (exact) mass is 211 g/mol. The third kappa shape index (κ3) is 1.24. The Morgan fingerprint density at radius 3 is 2.60 bits per heavy atom. The second-order valence-electron chi connectivity index (χ2n) is 4.27. The number of hydrogen-bond acceptors (Lipinski definition) is 2. The zero-order valence-electron chi connectivity index (χ0n) is 8.09. The maximum atomic E-state index is 13.8. The van der Waals surface area contributed by atoms with Gasteiger partial charge in [-0.05, 0) is 12.1 Å². The highest BCUT2D eigenvalue weighted by Gasteiger charge is 2.53. The van der Waals surface area contributed by atoms with Crippen molar-refractivity contribution in [2.75, 3.05) is 13.1 Å². The van der Waals surface area contributed by atoms with Gasteiger partial charge in [-0.2, -0.15) is 0 Å². The summed E-state index contributed by atoms with van der Waals surface area (Å²) in [6.07, 6.45) is -0.218. The highest BCUT2D eigenvalue weighted by atomic mass is 19.3. The van der Waals surface area contributed by atoms with Crippen LogP contribution in [0.4, 0.5) is 8.78 Å². The molecule has 15 heavy (non-hydrogen) atoms. The van der Waals surface area contributed by atoms with Gasteiger partial charge >= 0.3 is 0 Å². The van der Waals surface area contributed by atoms with Crippen LogP contribution in [-0.4, -0.2) is 18.7 Å². The molecule has 2 nitrogen and oxygen atoms in total. The van der Waals surface area contributed by atoms with Gasteiger partial charge in [0.1, 0.15) is 11.4 Å². The Bertz CT molecular complexity index is 401. The van der Waals surface area contributed by atoms with Crippen LogP contribution in [-0.2, 0) is 5.92 Å². The van der Waals surface area contributed by atoms with E-state index in [0.717, 1.165) is 0 Å². The lowest BCUT2D eigenvalue weighted by Gasteiger charge is -2.47. The van der Waals surface area contributed by atoms with Crippen molar-refractivity contribution in [2.24, 2.45) is 0 Å². The SMILES string of the molecule is FC1(F)CC2(CNC2)Oc2ccccc21. The van der Waals surface area contributed by atoms with Crippen molar-refractivity contribution >= 4 is 0 Å². The Morgan fingerprint density at radius 1 is 1.20 bits per heavy atom. The number of nitrogens with one attached hydrogen (secondary N) is 1. The molecular weight excluding hydrogens is 200 g/mol. The second-order valence-corrected chi connectivity index (χ2v) is 4.27. The zero-order chi connectivity index (χ0) is 10.5. The van der Waals surface area contributed by atoms with Gasteiger partial charge < -0.3 is 10.1 Å². The highest BCUT2D eigenvalue weighted by molar-refractivity contribution is 5.40. The number of hydrogen-bond donors (Lipinski definition) is 1. The van der Waals surface area contributed by atoms with Crippen molar-refractivity contribution in [1.82, 2.24) is 5.32 Å². The topological polar surface area (TPSA) is 21.3 Å². The predicted molar refractivity (Wildman–Crippen MR) is 51.2 cm³/mol. The Hall–Kier alpha value is -1.16. The van der Waals surface area contributed by atoms with E-state index in [2.05, 4.69) is 5.32 Å². The molecule has 0 radical (unpaired) electrons. The van der Waals surface area contributed by atoms with Gasteiger partial charge in [-0.3, -0.25) is 0 Å². The lowest BCUT2D eigenvalue weighted by atomic mass is 9.84. The highest BCUT2D eigenvalue weighted by Crippen LogP contribution is 2.48. The number of rotatable bonds is 0. The second kappa shape index (κ2) is 2.70. The van der Waals surface area contributed by atoms with Crippen LogP contribution in [0.2, 0.25) is 0 Å². The van der Waals surface area contributed by atoms with Crippen LogP contribution in [0, 0.1) is 0 Å². The molecule has 0 bridgehead atoms. The van der Waals surface area contributed by atoms with Crippen LogP contribution in [0.3, 0.4) is 0 Å². The third-order valence-electron chi connectivity index (χ3n) is 3.05. The summed E-state index contributed by atoms with van der Waals surface area (Å²) in [5.74, 6) is -2.44. The van der Waals surface area contributed by atoms with Crippen molar-refractivity contribution in [1.29, 1.82) is 0 Å². The van der Waals surface area contributed by atoms with Crippen LogP contribution < -0.4 is 10.1 Å². The van der Waals surface area contributed by atoms with Gasteiger partial charge in [0, 0.05) is 13.1 Å². The van der Waals surface area contributed by atoms with Gasteiger partial charge in [0.2, 0.25) is 0 Å². The molecule has 1 fully saturated rings. The standard InChI is InChI=1S/C11H11F2NO/c12-11(13)5-10(6-14-7-10)15-9-4-2-1-3-8(9)11/h1-4,14H,5-7H2. The van der Waals surface area contributed by atoms with Crippen molar-refractivity contribution < 1.29 is 13.5 Å². The fourth-order valence-electron chi connectivity index (χ4n) is 2.23. The largest absolute Gasteiger partial charge is 0.484 e. The van der Waals surface area contributed by atoms with Crippen LogP contribution in [0.15, 0.2) is 24.3 Å². The average Bonchev–Trinajstić information content (AvgIpc) is 2.14. The van der Waals surface area contributed by atoms with E-state index in [0.29, 0.717) is 18.8 Å². The fraction of sp³-hybridized carbons (Fsp3) is 0.455. The predicted octanol–water partition coefficient (Wildman–Crippen LogP) is 1.90. The number of fused-ring (bicyclic) bond motifs is 1. The Kier molecular flexibility index (Phi) is 1.63. The Balaban J connectivity index is 2.07. The maximum absolute atomic E-state index is 13.8. The van der Waals surface area contributed by atoms with E-state index < -0.39 is 11.5 Å².